The van der Waals surface area contributed by atoms with Crippen LogP contribution in [0.1, 0.15) is 6.92 Å². The van der Waals surface area contributed by atoms with E-state index >= 15 is 0 Å². The molecule has 2 rings (SSSR count). The molecule has 88 valence electrons. The van der Waals surface area contributed by atoms with Crippen LogP contribution in [0.5, 0.6) is 11.5 Å². The summed E-state index contributed by atoms with van der Waals surface area (Å²) >= 11 is 0. The van der Waals surface area contributed by atoms with Gasteiger partial charge in [-0.05, 0) is 43.3 Å². The van der Waals surface area contributed by atoms with Gasteiger partial charge in [0.2, 0.25) is 0 Å². The van der Waals surface area contributed by atoms with Gasteiger partial charge in [0.25, 0.3) is 0 Å². The number of rotatable bonds is 3. The van der Waals surface area contributed by atoms with E-state index in [1.807, 2.05) is 36.1 Å². The fourth-order valence-electron chi connectivity index (χ4n) is 1.82. The van der Waals surface area contributed by atoms with Crippen molar-refractivity contribution < 1.29 is 10.2 Å². The molecule has 0 heterocycles. The molecule has 2 aromatic carbocycles. The van der Waals surface area contributed by atoms with E-state index in [4.69, 9.17) is 0 Å². The van der Waals surface area contributed by atoms with Crippen molar-refractivity contribution in [1.29, 1.82) is 0 Å². The van der Waals surface area contributed by atoms with Crippen LogP contribution in [0.3, 0.4) is 0 Å². The molecule has 3 nitrogen and oxygen atoms in total. The van der Waals surface area contributed by atoms with Gasteiger partial charge in [-0.15, -0.1) is 0 Å². The van der Waals surface area contributed by atoms with Crippen LogP contribution in [-0.4, -0.2) is 16.8 Å². The topological polar surface area (TPSA) is 43.7 Å². The highest BCUT2D eigenvalue weighted by Crippen LogP contribution is 2.32. The normalized spacial score (nSPS) is 10.2. The fraction of sp³-hybridized carbons (Fsp3) is 0.143. The number of hydrogen-bond acceptors (Lipinski definition) is 3. The van der Waals surface area contributed by atoms with Crippen molar-refractivity contribution in [3.8, 4) is 11.5 Å². The minimum atomic E-state index is 0.238. The highest BCUT2D eigenvalue weighted by Gasteiger charge is 2.10. The van der Waals surface area contributed by atoms with Crippen molar-refractivity contribution in [2.45, 2.75) is 6.92 Å². The standard InChI is InChI=1S/C14H15NO2/c1-2-15(11-7-9-12(16)10-8-11)13-5-3-4-6-14(13)17/h3-10,16-17H,2H2,1H3. The molecule has 3 heteroatoms. The molecule has 0 saturated carbocycles. The molecule has 17 heavy (non-hydrogen) atoms. The van der Waals surface area contributed by atoms with Gasteiger partial charge in [0.05, 0.1) is 5.69 Å². The highest BCUT2D eigenvalue weighted by molar-refractivity contribution is 5.68. The molecule has 0 radical (unpaired) electrons. The minimum absolute atomic E-state index is 0.238. The number of phenolic OH excluding ortho intramolecular Hbond substituents is 2. The number of hydrogen-bond donors (Lipinski definition) is 2. The lowest BCUT2D eigenvalue weighted by Crippen LogP contribution is -2.15. The largest absolute Gasteiger partial charge is 0.508 e. The molecule has 0 amide bonds. The second-order valence-electron chi connectivity index (χ2n) is 3.75. The van der Waals surface area contributed by atoms with Gasteiger partial charge in [-0.2, -0.15) is 0 Å². The lowest BCUT2D eigenvalue weighted by Gasteiger charge is -2.24. The summed E-state index contributed by atoms with van der Waals surface area (Å²) in [6.07, 6.45) is 0. The molecule has 0 fully saturated rings. The number of nitrogens with zero attached hydrogens (tertiary/aromatic N) is 1. The molecular formula is C14H15NO2. The van der Waals surface area contributed by atoms with Crippen molar-refractivity contribution in [2.75, 3.05) is 11.4 Å². The average molecular weight is 229 g/mol. The first kappa shape index (κ1) is 11.3. The Morgan fingerprint density at radius 2 is 1.59 bits per heavy atom. The van der Waals surface area contributed by atoms with E-state index in [-0.39, 0.29) is 11.5 Å². The predicted molar refractivity (Wildman–Crippen MR) is 68.9 cm³/mol. The van der Waals surface area contributed by atoms with Gasteiger partial charge < -0.3 is 15.1 Å². The van der Waals surface area contributed by atoms with E-state index in [2.05, 4.69) is 0 Å². The zero-order valence-electron chi connectivity index (χ0n) is 9.67. The van der Waals surface area contributed by atoms with Crippen LogP contribution in [0, 0.1) is 0 Å². The maximum atomic E-state index is 9.84. The minimum Gasteiger partial charge on any atom is -0.508 e. The summed E-state index contributed by atoms with van der Waals surface area (Å²) in [5.74, 6) is 0.490. The van der Waals surface area contributed by atoms with E-state index in [1.54, 1.807) is 24.3 Å². The lowest BCUT2D eigenvalue weighted by molar-refractivity contribution is 0.475. The summed E-state index contributed by atoms with van der Waals surface area (Å²) in [4.78, 5) is 1.98. The molecule has 0 aliphatic rings. The Morgan fingerprint density at radius 3 is 2.18 bits per heavy atom. The van der Waals surface area contributed by atoms with Crippen molar-refractivity contribution in [3.63, 3.8) is 0 Å². The van der Waals surface area contributed by atoms with E-state index in [9.17, 15) is 10.2 Å². The van der Waals surface area contributed by atoms with E-state index < -0.39 is 0 Å². The van der Waals surface area contributed by atoms with Crippen molar-refractivity contribution >= 4 is 11.4 Å². The van der Waals surface area contributed by atoms with Crippen LogP contribution in [-0.2, 0) is 0 Å². The van der Waals surface area contributed by atoms with Crippen LogP contribution < -0.4 is 4.90 Å². The smallest absolute Gasteiger partial charge is 0.139 e. The molecule has 0 aromatic heterocycles. The number of para-hydroxylation sites is 2. The molecular weight excluding hydrogens is 214 g/mol. The summed E-state index contributed by atoms with van der Waals surface area (Å²) in [5.41, 5.74) is 1.70. The zero-order valence-corrected chi connectivity index (χ0v) is 9.67. The van der Waals surface area contributed by atoms with Crippen LogP contribution >= 0.6 is 0 Å². The molecule has 0 atom stereocenters. The van der Waals surface area contributed by atoms with Crippen LogP contribution in [0.25, 0.3) is 0 Å². The van der Waals surface area contributed by atoms with E-state index in [0.29, 0.717) is 0 Å². The second kappa shape index (κ2) is 4.78. The Bertz CT molecular complexity index is 494. The third-order valence-electron chi connectivity index (χ3n) is 2.65. The van der Waals surface area contributed by atoms with Crippen LogP contribution in [0.2, 0.25) is 0 Å². The summed E-state index contributed by atoms with van der Waals surface area (Å²) < 4.78 is 0. The molecule has 0 saturated heterocycles. The van der Waals surface area contributed by atoms with Gasteiger partial charge in [0.1, 0.15) is 11.5 Å². The molecule has 2 aromatic rings. The van der Waals surface area contributed by atoms with Gasteiger partial charge in [-0.3, -0.25) is 0 Å². The zero-order chi connectivity index (χ0) is 12.3. The van der Waals surface area contributed by atoms with Gasteiger partial charge in [-0.25, -0.2) is 0 Å². The SMILES string of the molecule is CCN(c1ccc(O)cc1)c1ccccc1O. The predicted octanol–water partition coefficient (Wildman–Crippen LogP) is 3.26. The Hall–Kier alpha value is -2.16. The third kappa shape index (κ3) is 2.33. The van der Waals surface area contributed by atoms with Crippen molar-refractivity contribution in [2.24, 2.45) is 0 Å². The molecule has 0 unspecified atom stereocenters. The summed E-state index contributed by atoms with van der Waals surface area (Å²) in [7, 11) is 0. The van der Waals surface area contributed by atoms with Crippen molar-refractivity contribution in [1.82, 2.24) is 0 Å². The van der Waals surface area contributed by atoms with Crippen molar-refractivity contribution in [3.05, 3.63) is 48.5 Å². The first-order valence-electron chi connectivity index (χ1n) is 5.57. The molecule has 0 aliphatic heterocycles. The first-order chi connectivity index (χ1) is 8.22. The maximum absolute atomic E-state index is 9.84. The Balaban J connectivity index is 2.40. The van der Waals surface area contributed by atoms with Gasteiger partial charge >= 0.3 is 0 Å². The van der Waals surface area contributed by atoms with Crippen LogP contribution in [0.4, 0.5) is 11.4 Å². The maximum Gasteiger partial charge on any atom is 0.139 e. The Morgan fingerprint density at radius 1 is 0.941 bits per heavy atom. The summed E-state index contributed by atoms with van der Waals surface area (Å²) in [6, 6.07) is 14.1. The Labute approximate surface area is 101 Å². The Kier molecular flexibility index (Phi) is 3.19. The molecule has 2 N–H and O–H groups in total. The highest BCUT2D eigenvalue weighted by atomic mass is 16.3. The number of aromatic hydroxyl groups is 2. The monoisotopic (exact) mass is 229 g/mol. The summed E-state index contributed by atoms with van der Waals surface area (Å²) in [6.45, 7) is 2.75. The van der Waals surface area contributed by atoms with Gasteiger partial charge in [-0.1, -0.05) is 12.1 Å². The van der Waals surface area contributed by atoms with Crippen LogP contribution in [0.15, 0.2) is 48.5 Å². The number of benzene rings is 2. The molecule has 0 spiro atoms. The lowest BCUT2D eigenvalue weighted by atomic mass is 10.2. The quantitative estimate of drug-likeness (QED) is 0.849. The van der Waals surface area contributed by atoms with E-state index in [1.165, 1.54) is 0 Å². The first-order valence-corrected chi connectivity index (χ1v) is 5.57. The summed E-state index contributed by atoms with van der Waals surface area (Å²) in [5, 5.41) is 19.1. The molecule has 0 aliphatic carbocycles. The third-order valence-corrected chi connectivity index (χ3v) is 2.65. The molecule has 0 bridgehead atoms. The van der Waals surface area contributed by atoms with Gasteiger partial charge in [0.15, 0.2) is 0 Å². The number of phenols is 2. The fourth-order valence-corrected chi connectivity index (χ4v) is 1.82. The van der Waals surface area contributed by atoms with Gasteiger partial charge in [0, 0.05) is 12.2 Å². The number of anilines is 2. The van der Waals surface area contributed by atoms with E-state index in [0.717, 1.165) is 17.9 Å². The second-order valence-corrected chi connectivity index (χ2v) is 3.75. The average Bonchev–Trinajstić information content (AvgIpc) is 2.35.